The molecule has 0 heterocycles. The molecule has 0 unspecified atom stereocenters. The normalized spacial score (nSPS) is 11.0. The maximum atomic E-state index is 12.3. The SMILES string of the molecule is COc1ccc(C(=O)O)cc1NS(=O)(=O)c1ccc(Br)cc1. The molecule has 2 aromatic rings. The summed E-state index contributed by atoms with van der Waals surface area (Å²) in [4.78, 5) is 11.1. The Hall–Kier alpha value is -2.06. The Balaban J connectivity index is 2.42. The summed E-state index contributed by atoms with van der Waals surface area (Å²) in [5, 5.41) is 9.00. The zero-order valence-corrected chi connectivity index (χ0v) is 13.8. The smallest absolute Gasteiger partial charge is 0.335 e. The molecule has 0 atom stereocenters. The van der Waals surface area contributed by atoms with Crippen molar-refractivity contribution >= 4 is 37.6 Å². The number of hydrogen-bond donors (Lipinski definition) is 2. The van der Waals surface area contributed by atoms with E-state index in [0.29, 0.717) is 0 Å². The molecule has 0 aliphatic heterocycles. The van der Waals surface area contributed by atoms with Crippen LogP contribution in [0.15, 0.2) is 51.8 Å². The van der Waals surface area contributed by atoms with Crippen molar-refractivity contribution in [2.75, 3.05) is 11.8 Å². The van der Waals surface area contributed by atoms with Gasteiger partial charge in [-0.05, 0) is 42.5 Å². The van der Waals surface area contributed by atoms with Crippen molar-refractivity contribution in [3.8, 4) is 5.75 Å². The number of carboxylic acid groups (broad SMARTS) is 1. The van der Waals surface area contributed by atoms with Crippen molar-refractivity contribution in [3.63, 3.8) is 0 Å². The van der Waals surface area contributed by atoms with Crippen LogP contribution in [0.5, 0.6) is 5.75 Å². The molecule has 0 radical (unpaired) electrons. The zero-order valence-electron chi connectivity index (χ0n) is 11.4. The lowest BCUT2D eigenvalue weighted by Crippen LogP contribution is -2.14. The van der Waals surface area contributed by atoms with Gasteiger partial charge in [-0.1, -0.05) is 15.9 Å². The fourth-order valence-electron chi connectivity index (χ4n) is 1.74. The van der Waals surface area contributed by atoms with E-state index in [4.69, 9.17) is 9.84 Å². The van der Waals surface area contributed by atoms with Crippen molar-refractivity contribution in [2.45, 2.75) is 4.90 Å². The number of carbonyl (C=O) groups is 1. The van der Waals surface area contributed by atoms with E-state index in [1.54, 1.807) is 12.1 Å². The Morgan fingerprint density at radius 3 is 2.36 bits per heavy atom. The summed E-state index contributed by atoms with van der Waals surface area (Å²) in [5.41, 5.74) is 0.0135. The molecule has 0 aliphatic rings. The number of sulfonamides is 1. The Morgan fingerprint density at radius 2 is 1.82 bits per heavy atom. The van der Waals surface area contributed by atoms with Gasteiger partial charge < -0.3 is 9.84 Å². The van der Waals surface area contributed by atoms with Crippen LogP contribution in [0.2, 0.25) is 0 Å². The molecule has 2 rings (SSSR count). The Morgan fingerprint density at radius 1 is 1.18 bits per heavy atom. The molecule has 0 fully saturated rings. The van der Waals surface area contributed by atoms with Crippen LogP contribution in [0.1, 0.15) is 10.4 Å². The van der Waals surface area contributed by atoms with E-state index >= 15 is 0 Å². The maximum absolute atomic E-state index is 12.3. The third-order valence-electron chi connectivity index (χ3n) is 2.81. The fraction of sp³-hybridized carbons (Fsp3) is 0.0714. The molecule has 6 nitrogen and oxygen atoms in total. The van der Waals surface area contributed by atoms with Gasteiger partial charge in [0.25, 0.3) is 10.0 Å². The molecule has 8 heteroatoms. The van der Waals surface area contributed by atoms with Gasteiger partial charge in [0, 0.05) is 4.47 Å². The van der Waals surface area contributed by atoms with Crippen LogP contribution in [0.4, 0.5) is 5.69 Å². The molecule has 0 amide bonds. The Bertz CT molecular complexity index is 802. The molecule has 0 saturated carbocycles. The lowest BCUT2D eigenvalue weighted by molar-refractivity contribution is 0.0697. The first-order valence-electron chi connectivity index (χ1n) is 6.03. The highest BCUT2D eigenvalue weighted by Crippen LogP contribution is 2.28. The number of methoxy groups -OCH3 is 1. The van der Waals surface area contributed by atoms with Crippen LogP contribution in [-0.2, 0) is 10.0 Å². The van der Waals surface area contributed by atoms with Crippen molar-refractivity contribution in [2.24, 2.45) is 0 Å². The number of rotatable bonds is 5. The van der Waals surface area contributed by atoms with Crippen molar-refractivity contribution in [3.05, 3.63) is 52.5 Å². The molecular formula is C14H12BrNO5S. The minimum atomic E-state index is -3.85. The van der Waals surface area contributed by atoms with E-state index in [1.807, 2.05) is 0 Å². The molecule has 0 aliphatic carbocycles. The first-order valence-corrected chi connectivity index (χ1v) is 8.31. The predicted molar refractivity (Wildman–Crippen MR) is 84.9 cm³/mol. The molecule has 2 aromatic carbocycles. The number of hydrogen-bond acceptors (Lipinski definition) is 4. The van der Waals surface area contributed by atoms with Crippen LogP contribution in [0.25, 0.3) is 0 Å². The number of ether oxygens (including phenoxy) is 1. The van der Waals surface area contributed by atoms with E-state index < -0.39 is 16.0 Å². The second kappa shape index (κ2) is 6.37. The van der Waals surface area contributed by atoms with Crippen LogP contribution >= 0.6 is 15.9 Å². The Kier molecular flexibility index (Phi) is 4.72. The van der Waals surface area contributed by atoms with E-state index in [1.165, 1.54) is 37.4 Å². The van der Waals surface area contributed by atoms with Gasteiger partial charge in [-0.2, -0.15) is 0 Å². The topological polar surface area (TPSA) is 92.7 Å². The van der Waals surface area contributed by atoms with E-state index in [-0.39, 0.29) is 21.9 Å². The highest BCUT2D eigenvalue weighted by Gasteiger charge is 2.18. The molecule has 22 heavy (non-hydrogen) atoms. The first kappa shape index (κ1) is 16.3. The van der Waals surface area contributed by atoms with Gasteiger partial charge in [-0.15, -0.1) is 0 Å². The number of aromatic carboxylic acids is 1. The van der Waals surface area contributed by atoms with Gasteiger partial charge in [0.15, 0.2) is 0 Å². The lowest BCUT2D eigenvalue weighted by Gasteiger charge is -2.12. The maximum Gasteiger partial charge on any atom is 0.335 e. The van der Waals surface area contributed by atoms with Gasteiger partial charge >= 0.3 is 5.97 Å². The molecule has 0 spiro atoms. The minimum absolute atomic E-state index is 0.0469. The summed E-state index contributed by atoms with van der Waals surface area (Å²) in [6.07, 6.45) is 0. The third-order valence-corrected chi connectivity index (χ3v) is 4.72. The standard InChI is InChI=1S/C14H12BrNO5S/c1-21-13-7-2-9(14(17)18)8-12(13)16-22(19,20)11-5-3-10(15)4-6-11/h2-8,16H,1H3,(H,17,18). The van der Waals surface area contributed by atoms with Crippen LogP contribution < -0.4 is 9.46 Å². The van der Waals surface area contributed by atoms with Crippen LogP contribution in [0, 0.1) is 0 Å². The second-order valence-electron chi connectivity index (χ2n) is 4.28. The average molecular weight is 386 g/mol. The van der Waals surface area contributed by atoms with Gasteiger partial charge in [-0.25, -0.2) is 13.2 Å². The zero-order chi connectivity index (χ0) is 16.3. The molecule has 0 saturated heterocycles. The number of halogens is 1. The predicted octanol–water partition coefficient (Wildman–Crippen LogP) is 2.96. The summed E-state index contributed by atoms with van der Waals surface area (Å²) in [6.45, 7) is 0. The second-order valence-corrected chi connectivity index (χ2v) is 6.88. The summed E-state index contributed by atoms with van der Waals surface area (Å²) >= 11 is 3.23. The first-order chi connectivity index (χ1) is 10.3. The number of carboxylic acids is 1. The Labute approximate surface area is 135 Å². The summed E-state index contributed by atoms with van der Waals surface area (Å²) < 4.78 is 32.8. The molecular weight excluding hydrogens is 374 g/mol. The number of anilines is 1. The minimum Gasteiger partial charge on any atom is -0.495 e. The molecule has 116 valence electrons. The third kappa shape index (κ3) is 3.58. The lowest BCUT2D eigenvalue weighted by atomic mass is 10.2. The quantitative estimate of drug-likeness (QED) is 0.824. The van der Waals surface area contributed by atoms with E-state index in [0.717, 1.165) is 4.47 Å². The number of benzene rings is 2. The molecule has 0 bridgehead atoms. The average Bonchev–Trinajstić information content (AvgIpc) is 2.47. The highest BCUT2D eigenvalue weighted by molar-refractivity contribution is 9.10. The molecule has 0 aromatic heterocycles. The van der Waals surface area contributed by atoms with Gasteiger partial charge in [0.2, 0.25) is 0 Å². The van der Waals surface area contributed by atoms with Crippen LogP contribution in [0.3, 0.4) is 0 Å². The van der Waals surface area contributed by atoms with Gasteiger partial charge in [0.1, 0.15) is 5.75 Å². The van der Waals surface area contributed by atoms with Crippen molar-refractivity contribution in [1.82, 2.24) is 0 Å². The van der Waals surface area contributed by atoms with Gasteiger partial charge in [0.05, 0.1) is 23.3 Å². The number of nitrogens with one attached hydrogen (secondary N) is 1. The van der Waals surface area contributed by atoms with Crippen LogP contribution in [-0.4, -0.2) is 26.6 Å². The fourth-order valence-corrected chi connectivity index (χ4v) is 3.06. The van der Waals surface area contributed by atoms with Crippen molar-refractivity contribution < 1.29 is 23.1 Å². The van der Waals surface area contributed by atoms with E-state index in [2.05, 4.69) is 20.7 Å². The molecule has 2 N–H and O–H groups in total. The summed E-state index contributed by atoms with van der Waals surface area (Å²) in [7, 11) is -2.48. The van der Waals surface area contributed by atoms with E-state index in [9.17, 15) is 13.2 Å². The highest BCUT2D eigenvalue weighted by atomic mass is 79.9. The summed E-state index contributed by atoms with van der Waals surface area (Å²) in [6, 6.07) is 9.98. The largest absolute Gasteiger partial charge is 0.495 e. The summed E-state index contributed by atoms with van der Waals surface area (Å²) in [5.74, 6) is -0.933. The van der Waals surface area contributed by atoms with Crippen molar-refractivity contribution in [1.29, 1.82) is 0 Å². The van der Waals surface area contributed by atoms with Gasteiger partial charge in [-0.3, -0.25) is 4.72 Å². The monoisotopic (exact) mass is 385 g/mol.